The molecule has 0 saturated carbocycles. The number of aryl methyl sites for hydroxylation is 1. The largest absolute Gasteiger partial charge is 0.356 e. The van der Waals surface area contributed by atoms with E-state index in [0.717, 1.165) is 30.6 Å². The van der Waals surface area contributed by atoms with Crippen molar-refractivity contribution in [3.63, 3.8) is 0 Å². The molecule has 1 aliphatic carbocycles. The van der Waals surface area contributed by atoms with Crippen molar-refractivity contribution in [2.45, 2.75) is 19.3 Å². The van der Waals surface area contributed by atoms with Gasteiger partial charge in [-0.15, -0.1) is 0 Å². The average molecular weight is 503 g/mol. The van der Waals surface area contributed by atoms with Gasteiger partial charge in [0.15, 0.2) is 0 Å². The zero-order chi connectivity index (χ0) is 26.0. The number of fused-ring (bicyclic) bond motifs is 4. The second kappa shape index (κ2) is 10.2. The van der Waals surface area contributed by atoms with Gasteiger partial charge in [-0.05, 0) is 102 Å². The van der Waals surface area contributed by atoms with Crippen LogP contribution in [0, 0.1) is 0 Å². The van der Waals surface area contributed by atoms with E-state index in [1.165, 1.54) is 49.7 Å². The van der Waals surface area contributed by atoms with Crippen LogP contribution in [-0.4, -0.2) is 4.57 Å². The van der Waals surface area contributed by atoms with Crippen molar-refractivity contribution in [3.05, 3.63) is 145 Å². The molecule has 188 valence electrons. The van der Waals surface area contributed by atoms with E-state index in [4.69, 9.17) is 0 Å². The summed E-state index contributed by atoms with van der Waals surface area (Å²) in [6.45, 7) is 0. The van der Waals surface area contributed by atoms with Gasteiger partial charge in [-0.3, -0.25) is 0 Å². The Morgan fingerprint density at radius 3 is 2.13 bits per heavy atom. The quantitative estimate of drug-likeness (QED) is 0.237. The Bertz CT molecular complexity index is 1840. The minimum absolute atomic E-state index is 0.994. The lowest BCUT2D eigenvalue weighted by Crippen LogP contribution is -1.94. The lowest BCUT2D eigenvalue weighted by atomic mass is 9.95. The number of aromatic nitrogens is 1. The van der Waals surface area contributed by atoms with Crippen LogP contribution < -0.4 is 5.32 Å². The van der Waals surface area contributed by atoms with E-state index < -0.39 is 0 Å². The van der Waals surface area contributed by atoms with Crippen LogP contribution in [0.2, 0.25) is 0 Å². The molecule has 2 heteroatoms. The molecule has 0 spiro atoms. The molecule has 1 aromatic heterocycles. The normalized spacial score (nSPS) is 13.9. The van der Waals surface area contributed by atoms with Gasteiger partial charge in [-0.1, -0.05) is 78.9 Å². The molecular formula is C37H30N2. The number of nitrogens with zero attached hydrogens (tertiary/aromatic N) is 1. The van der Waals surface area contributed by atoms with Crippen molar-refractivity contribution in [1.29, 1.82) is 0 Å². The molecule has 6 aromatic rings. The molecule has 1 heterocycles. The highest BCUT2D eigenvalue weighted by Gasteiger charge is 2.15. The highest BCUT2D eigenvalue weighted by atomic mass is 15.0. The monoisotopic (exact) mass is 502 g/mol. The summed E-state index contributed by atoms with van der Waals surface area (Å²) in [5.74, 6) is 0. The van der Waals surface area contributed by atoms with Crippen LogP contribution in [0.15, 0.2) is 133 Å². The number of benzene rings is 5. The number of hydrogen-bond donors (Lipinski definition) is 1. The standard InChI is InChI=1S/C37H30N2/c1-2-6-12-27-18-19-29(24-28(27)13-7-3-1)30-20-22-36-34(25-30)35-26-32(38-31-14-8-4-9-15-31)21-23-37(35)39(36)33-16-10-5-11-17-33/h1-2,4-5,7-11,13-26,38H,3,6,12H2/b2-1-,13-7?. The fourth-order valence-corrected chi connectivity index (χ4v) is 5.71. The first-order chi connectivity index (χ1) is 19.3. The molecule has 0 amide bonds. The van der Waals surface area contributed by atoms with Gasteiger partial charge in [0.2, 0.25) is 0 Å². The van der Waals surface area contributed by atoms with E-state index in [9.17, 15) is 0 Å². The Kier molecular flexibility index (Phi) is 6.07. The van der Waals surface area contributed by atoms with Gasteiger partial charge in [0.25, 0.3) is 0 Å². The molecule has 2 nitrogen and oxygen atoms in total. The smallest absolute Gasteiger partial charge is 0.0542 e. The average Bonchev–Trinajstić information content (AvgIpc) is 3.36. The van der Waals surface area contributed by atoms with E-state index in [2.05, 4.69) is 143 Å². The molecule has 1 N–H and O–H groups in total. The first-order valence-electron chi connectivity index (χ1n) is 13.7. The molecule has 0 bridgehead atoms. The summed E-state index contributed by atoms with van der Waals surface area (Å²) in [4.78, 5) is 0. The summed E-state index contributed by atoms with van der Waals surface area (Å²) in [5.41, 5.74) is 11.0. The molecule has 0 radical (unpaired) electrons. The Hall–Kier alpha value is -4.82. The third-order valence-corrected chi connectivity index (χ3v) is 7.64. The third-order valence-electron chi connectivity index (χ3n) is 7.64. The van der Waals surface area contributed by atoms with Crippen molar-refractivity contribution in [2.24, 2.45) is 0 Å². The predicted octanol–water partition coefficient (Wildman–Crippen LogP) is 10.1. The van der Waals surface area contributed by atoms with Gasteiger partial charge < -0.3 is 9.88 Å². The number of hydrogen-bond acceptors (Lipinski definition) is 1. The van der Waals surface area contributed by atoms with Crippen LogP contribution in [0.4, 0.5) is 11.4 Å². The van der Waals surface area contributed by atoms with Gasteiger partial charge in [-0.2, -0.15) is 0 Å². The van der Waals surface area contributed by atoms with Crippen molar-refractivity contribution in [1.82, 2.24) is 4.57 Å². The summed E-state index contributed by atoms with van der Waals surface area (Å²) < 4.78 is 2.38. The fraction of sp³-hybridized carbons (Fsp3) is 0.0811. The maximum Gasteiger partial charge on any atom is 0.0542 e. The first kappa shape index (κ1) is 23.3. The SMILES string of the molecule is C1=Cc2cc(-c3ccc4c(c3)c3cc(Nc5ccccc5)ccc3n4-c3ccccc3)ccc2CC/C=C\C1. The maximum absolute atomic E-state index is 3.58. The van der Waals surface area contributed by atoms with E-state index in [0.29, 0.717) is 0 Å². The summed E-state index contributed by atoms with van der Waals surface area (Å²) in [7, 11) is 0. The number of para-hydroxylation sites is 2. The fourth-order valence-electron chi connectivity index (χ4n) is 5.71. The lowest BCUT2D eigenvalue weighted by Gasteiger charge is -2.10. The highest BCUT2D eigenvalue weighted by molar-refractivity contribution is 6.11. The lowest BCUT2D eigenvalue weighted by molar-refractivity contribution is 0.996. The van der Waals surface area contributed by atoms with Crippen molar-refractivity contribution in [2.75, 3.05) is 5.32 Å². The topological polar surface area (TPSA) is 17.0 Å². The Morgan fingerprint density at radius 1 is 0.564 bits per heavy atom. The highest BCUT2D eigenvalue weighted by Crippen LogP contribution is 2.37. The van der Waals surface area contributed by atoms with Crippen molar-refractivity contribution in [3.8, 4) is 16.8 Å². The van der Waals surface area contributed by atoms with Crippen LogP contribution in [0.5, 0.6) is 0 Å². The number of rotatable bonds is 4. The molecule has 0 saturated heterocycles. The van der Waals surface area contributed by atoms with Crippen LogP contribution in [0.3, 0.4) is 0 Å². The number of nitrogens with one attached hydrogen (secondary N) is 1. The molecule has 0 unspecified atom stereocenters. The second-order valence-electron chi connectivity index (χ2n) is 10.2. The van der Waals surface area contributed by atoms with E-state index in [-0.39, 0.29) is 0 Å². The molecule has 1 aliphatic rings. The number of anilines is 2. The van der Waals surface area contributed by atoms with E-state index in [1.807, 2.05) is 6.07 Å². The molecular weight excluding hydrogens is 472 g/mol. The Morgan fingerprint density at radius 2 is 1.28 bits per heavy atom. The van der Waals surface area contributed by atoms with Gasteiger partial charge in [0, 0.05) is 27.8 Å². The third kappa shape index (κ3) is 4.55. The Labute approximate surface area is 229 Å². The summed E-state index contributed by atoms with van der Waals surface area (Å²) in [6.07, 6.45) is 12.3. The summed E-state index contributed by atoms with van der Waals surface area (Å²) in [6, 6.07) is 41.6. The Balaban J connectivity index is 1.39. The maximum atomic E-state index is 3.58. The molecule has 5 aromatic carbocycles. The molecule has 0 fully saturated rings. The molecule has 0 aliphatic heterocycles. The minimum Gasteiger partial charge on any atom is -0.356 e. The first-order valence-corrected chi connectivity index (χ1v) is 13.7. The predicted molar refractivity (Wildman–Crippen MR) is 167 cm³/mol. The van der Waals surface area contributed by atoms with Crippen molar-refractivity contribution >= 4 is 39.3 Å². The minimum atomic E-state index is 0.994. The summed E-state index contributed by atoms with van der Waals surface area (Å²) in [5, 5.41) is 6.08. The molecule has 39 heavy (non-hydrogen) atoms. The van der Waals surface area contributed by atoms with E-state index in [1.54, 1.807) is 0 Å². The van der Waals surface area contributed by atoms with E-state index >= 15 is 0 Å². The van der Waals surface area contributed by atoms with Crippen LogP contribution >= 0.6 is 0 Å². The van der Waals surface area contributed by atoms with Gasteiger partial charge in [0.05, 0.1) is 11.0 Å². The molecule has 7 rings (SSSR count). The summed E-state index contributed by atoms with van der Waals surface area (Å²) >= 11 is 0. The van der Waals surface area contributed by atoms with Gasteiger partial charge >= 0.3 is 0 Å². The molecule has 0 atom stereocenters. The number of allylic oxidation sites excluding steroid dienone is 3. The second-order valence-corrected chi connectivity index (χ2v) is 10.2. The zero-order valence-electron chi connectivity index (χ0n) is 21.8. The van der Waals surface area contributed by atoms with Crippen LogP contribution in [0.25, 0.3) is 44.7 Å². The van der Waals surface area contributed by atoms with Gasteiger partial charge in [-0.25, -0.2) is 0 Å². The van der Waals surface area contributed by atoms with Crippen LogP contribution in [-0.2, 0) is 6.42 Å². The van der Waals surface area contributed by atoms with Crippen LogP contribution in [0.1, 0.15) is 24.0 Å². The van der Waals surface area contributed by atoms with Crippen molar-refractivity contribution < 1.29 is 0 Å². The van der Waals surface area contributed by atoms with Gasteiger partial charge in [0.1, 0.15) is 0 Å². The zero-order valence-corrected chi connectivity index (χ0v) is 21.8.